The maximum absolute atomic E-state index is 5.56. The second kappa shape index (κ2) is 6.40. The van der Waals surface area contributed by atoms with Crippen LogP contribution in [0.25, 0.3) is 0 Å². The first-order chi connectivity index (χ1) is 7.84. The Balaban J connectivity index is 1.52. The third-order valence-corrected chi connectivity index (χ3v) is 3.73. The summed E-state index contributed by atoms with van der Waals surface area (Å²) in [5, 5.41) is 7.48. The Kier molecular flexibility index (Phi) is 4.85. The molecule has 92 valence electrons. The van der Waals surface area contributed by atoms with Crippen molar-refractivity contribution in [2.24, 2.45) is 0 Å². The number of hydrogen-bond acceptors (Lipinski definition) is 2. The first-order valence-corrected chi connectivity index (χ1v) is 6.91. The average molecular weight is 242 g/mol. The first-order valence-electron chi connectivity index (χ1n) is 6.50. The molecule has 2 rings (SSSR count). The van der Waals surface area contributed by atoms with Crippen molar-refractivity contribution in [3.05, 3.63) is 0 Å². The van der Waals surface area contributed by atoms with E-state index >= 15 is 0 Å². The summed E-state index contributed by atoms with van der Waals surface area (Å²) in [6.45, 7) is 1.87. The van der Waals surface area contributed by atoms with E-state index in [0.717, 1.165) is 24.7 Å². The molecule has 0 aromatic carbocycles. The second-order valence-corrected chi connectivity index (χ2v) is 5.21. The zero-order valence-corrected chi connectivity index (χ0v) is 10.7. The van der Waals surface area contributed by atoms with E-state index in [9.17, 15) is 0 Å². The van der Waals surface area contributed by atoms with Crippen molar-refractivity contribution in [2.75, 3.05) is 13.2 Å². The summed E-state index contributed by atoms with van der Waals surface area (Å²) in [7, 11) is 0. The molecule has 16 heavy (non-hydrogen) atoms. The Labute approximate surface area is 103 Å². The third kappa shape index (κ3) is 3.91. The van der Waals surface area contributed by atoms with Gasteiger partial charge in [0.15, 0.2) is 5.11 Å². The molecule has 0 aromatic rings. The molecule has 0 spiro atoms. The van der Waals surface area contributed by atoms with Crippen molar-refractivity contribution < 1.29 is 4.74 Å². The predicted octanol–water partition coefficient (Wildman–Crippen LogP) is 1.96. The Bertz CT molecular complexity index is 223. The quantitative estimate of drug-likeness (QED) is 0.738. The fraction of sp³-hybridized carbons (Fsp3) is 0.917. The molecule has 1 heterocycles. The molecule has 1 unspecified atom stereocenters. The Morgan fingerprint density at radius 2 is 2.00 bits per heavy atom. The van der Waals surface area contributed by atoms with Gasteiger partial charge in [-0.3, -0.25) is 0 Å². The highest BCUT2D eigenvalue weighted by Crippen LogP contribution is 2.17. The summed E-state index contributed by atoms with van der Waals surface area (Å²) < 4.78 is 5.56. The van der Waals surface area contributed by atoms with Gasteiger partial charge in [-0.2, -0.15) is 0 Å². The molecule has 0 amide bonds. The predicted molar refractivity (Wildman–Crippen MR) is 69.6 cm³/mol. The van der Waals surface area contributed by atoms with Gasteiger partial charge in [0.25, 0.3) is 0 Å². The van der Waals surface area contributed by atoms with E-state index in [-0.39, 0.29) is 0 Å². The lowest BCUT2D eigenvalue weighted by Gasteiger charge is -2.16. The van der Waals surface area contributed by atoms with Crippen molar-refractivity contribution in [2.45, 2.75) is 57.1 Å². The van der Waals surface area contributed by atoms with Crippen molar-refractivity contribution >= 4 is 17.3 Å². The normalized spacial score (nSPS) is 25.9. The van der Waals surface area contributed by atoms with Crippen molar-refractivity contribution in [1.29, 1.82) is 0 Å². The van der Waals surface area contributed by atoms with Crippen molar-refractivity contribution in [3.63, 3.8) is 0 Å². The maximum Gasteiger partial charge on any atom is 0.166 e. The zero-order chi connectivity index (χ0) is 11.2. The van der Waals surface area contributed by atoms with E-state index in [1.807, 2.05) is 0 Å². The lowest BCUT2D eigenvalue weighted by Crippen LogP contribution is -2.41. The summed E-state index contributed by atoms with van der Waals surface area (Å²) in [6, 6.07) is 0.614. The second-order valence-electron chi connectivity index (χ2n) is 4.81. The van der Waals surface area contributed by atoms with Gasteiger partial charge in [0, 0.05) is 19.2 Å². The molecule has 1 aliphatic heterocycles. The van der Waals surface area contributed by atoms with Crippen LogP contribution in [0.15, 0.2) is 0 Å². The van der Waals surface area contributed by atoms with Crippen LogP contribution in [0.4, 0.5) is 0 Å². The Hall–Kier alpha value is -0.350. The Morgan fingerprint density at radius 1 is 1.19 bits per heavy atom. The summed E-state index contributed by atoms with van der Waals surface area (Å²) in [5.74, 6) is 0. The SMILES string of the molecule is S=C(NCCC1CCCO1)NC1CCCC1. The van der Waals surface area contributed by atoms with Crippen LogP contribution in [0.2, 0.25) is 0 Å². The van der Waals surface area contributed by atoms with Crippen LogP contribution < -0.4 is 10.6 Å². The van der Waals surface area contributed by atoms with Gasteiger partial charge >= 0.3 is 0 Å². The van der Waals surface area contributed by atoms with E-state index in [4.69, 9.17) is 17.0 Å². The summed E-state index contributed by atoms with van der Waals surface area (Å²) in [5.41, 5.74) is 0. The van der Waals surface area contributed by atoms with Gasteiger partial charge in [0.2, 0.25) is 0 Å². The molecule has 0 aromatic heterocycles. The first kappa shape index (κ1) is 12.1. The van der Waals surface area contributed by atoms with Crippen LogP contribution in [0.3, 0.4) is 0 Å². The summed E-state index contributed by atoms with van der Waals surface area (Å²) >= 11 is 5.27. The molecule has 2 N–H and O–H groups in total. The fourth-order valence-corrected chi connectivity index (χ4v) is 2.79. The highest BCUT2D eigenvalue weighted by Gasteiger charge is 2.16. The van der Waals surface area contributed by atoms with Gasteiger partial charge in [-0.05, 0) is 44.3 Å². The van der Waals surface area contributed by atoms with E-state index in [1.165, 1.54) is 38.5 Å². The molecule has 1 atom stereocenters. The average Bonchev–Trinajstić information content (AvgIpc) is 2.90. The van der Waals surface area contributed by atoms with Crippen LogP contribution in [-0.4, -0.2) is 30.4 Å². The van der Waals surface area contributed by atoms with E-state index in [1.54, 1.807) is 0 Å². The van der Waals surface area contributed by atoms with Gasteiger partial charge in [-0.1, -0.05) is 12.8 Å². The monoisotopic (exact) mass is 242 g/mol. The minimum Gasteiger partial charge on any atom is -0.378 e. The summed E-state index contributed by atoms with van der Waals surface area (Å²) in [6.07, 6.45) is 9.20. The smallest absolute Gasteiger partial charge is 0.166 e. The number of hydrogen-bond donors (Lipinski definition) is 2. The topological polar surface area (TPSA) is 33.3 Å². The van der Waals surface area contributed by atoms with Crippen LogP contribution in [0.5, 0.6) is 0 Å². The largest absolute Gasteiger partial charge is 0.378 e. The van der Waals surface area contributed by atoms with Crippen molar-refractivity contribution in [1.82, 2.24) is 10.6 Å². The Morgan fingerprint density at radius 3 is 2.69 bits per heavy atom. The fourth-order valence-electron chi connectivity index (χ4n) is 2.53. The highest BCUT2D eigenvalue weighted by atomic mass is 32.1. The van der Waals surface area contributed by atoms with Gasteiger partial charge in [0.1, 0.15) is 0 Å². The minimum atomic E-state index is 0.460. The van der Waals surface area contributed by atoms with E-state index in [0.29, 0.717) is 12.1 Å². The number of thiocarbonyl (C=S) groups is 1. The number of ether oxygens (including phenoxy) is 1. The zero-order valence-electron chi connectivity index (χ0n) is 9.84. The van der Waals surface area contributed by atoms with Crippen LogP contribution in [0.1, 0.15) is 44.9 Å². The third-order valence-electron chi connectivity index (χ3n) is 3.47. The lowest BCUT2D eigenvalue weighted by atomic mass is 10.2. The number of rotatable bonds is 4. The molecule has 4 heteroatoms. The molecule has 1 saturated carbocycles. The molecule has 1 aliphatic carbocycles. The van der Waals surface area contributed by atoms with Crippen LogP contribution in [0, 0.1) is 0 Å². The van der Waals surface area contributed by atoms with Gasteiger partial charge in [0.05, 0.1) is 6.10 Å². The highest BCUT2D eigenvalue weighted by molar-refractivity contribution is 7.80. The molecule has 3 nitrogen and oxygen atoms in total. The molecule has 0 bridgehead atoms. The van der Waals surface area contributed by atoms with Crippen LogP contribution in [-0.2, 0) is 4.74 Å². The minimum absolute atomic E-state index is 0.460. The lowest BCUT2D eigenvalue weighted by molar-refractivity contribution is 0.105. The van der Waals surface area contributed by atoms with E-state index in [2.05, 4.69) is 10.6 Å². The molecule has 0 radical (unpaired) electrons. The van der Waals surface area contributed by atoms with Gasteiger partial charge < -0.3 is 15.4 Å². The molecular formula is C12H22N2OS. The van der Waals surface area contributed by atoms with Gasteiger partial charge in [-0.15, -0.1) is 0 Å². The summed E-state index contributed by atoms with van der Waals surface area (Å²) in [4.78, 5) is 0. The van der Waals surface area contributed by atoms with E-state index < -0.39 is 0 Å². The number of nitrogens with one attached hydrogen (secondary N) is 2. The van der Waals surface area contributed by atoms with Crippen LogP contribution >= 0.6 is 12.2 Å². The maximum atomic E-state index is 5.56. The molecule has 1 saturated heterocycles. The van der Waals surface area contributed by atoms with Crippen molar-refractivity contribution in [3.8, 4) is 0 Å². The molecule has 2 aliphatic rings. The van der Waals surface area contributed by atoms with Gasteiger partial charge in [-0.25, -0.2) is 0 Å². The molecular weight excluding hydrogens is 220 g/mol. The standard InChI is InChI=1S/C12H22N2OS/c16-12(14-10-4-1-2-5-10)13-8-7-11-6-3-9-15-11/h10-11H,1-9H2,(H2,13,14,16). The molecule has 2 fully saturated rings.